The van der Waals surface area contributed by atoms with E-state index in [0.717, 1.165) is 6.42 Å². The smallest absolute Gasteiger partial charge is 0.234 e. The van der Waals surface area contributed by atoms with Crippen molar-refractivity contribution >= 4 is 35.0 Å². The van der Waals surface area contributed by atoms with Gasteiger partial charge in [-0.1, -0.05) is 48.0 Å². The monoisotopic (exact) mass is 450 g/mol. The number of anilines is 1. The quantitative estimate of drug-likeness (QED) is 0.528. The van der Waals surface area contributed by atoms with Gasteiger partial charge in [0.15, 0.2) is 0 Å². The Bertz CT molecular complexity index is 1100. The standard InChI is InChI=1S/C25H23ClN2O4/c1-32-20-8-3-2-7-18(20)27-21(29)13-19(14-5-4-6-17(26)12-14)28-24(30)22-15-9-10-16(11-15)23(22)25(28)31/h2-10,12,15-16,19,22-23H,11,13H2,1H3,(H,27,29). The lowest BCUT2D eigenvalue weighted by Crippen LogP contribution is -2.38. The van der Waals surface area contributed by atoms with Crippen molar-refractivity contribution in [3.8, 4) is 5.75 Å². The molecule has 2 bridgehead atoms. The van der Waals surface area contributed by atoms with Crippen LogP contribution in [0.5, 0.6) is 5.75 Å². The SMILES string of the molecule is COc1ccccc1NC(=O)CC(c1cccc(Cl)c1)N1C(=O)C2C3C=CC(C3)C2C1=O. The molecule has 1 heterocycles. The third-order valence-corrected chi connectivity index (χ3v) is 7.04. The van der Waals surface area contributed by atoms with Crippen molar-refractivity contribution < 1.29 is 19.1 Å². The molecule has 5 rings (SSSR count). The Kier molecular flexibility index (Phi) is 5.25. The zero-order valence-corrected chi connectivity index (χ0v) is 18.3. The Morgan fingerprint density at radius 3 is 2.44 bits per heavy atom. The highest BCUT2D eigenvalue weighted by atomic mass is 35.5. The predicted octanol–water partition coefficient (Wildman–Crippen LogP) is 4.23. The van der Waals surface area contributed by atoms with Crippen LogP contribution in [0.15, 0.2) is 60.7 Å². The first-order valence-corrected chi connectivity index (χ1v) is 11.1. The normalized spacial score (nSPS) is 26.4. The van der Waals surface area contributed by atoms with Gasteiger partial charge in [0.1, 0.15) is 5.75 Å². The van der Waals surface area contributed by atoms with Crippen molar-refractivity contribution in [2.45, 2.75) is 18.9 Å². The molecular weight excluding hydrogens is 428 g/mol. The maximum Gasteiger partial charge on any atom is 0.234 e. The number of carbonyl (C=O) groups excluding carboxylic acids is 3. The summed E-state index contributed by atoms with van der Waals surface area (Å²) in [7, 11) is 1.53. The second-order valence-corrected chi connectivity index (χ2v) is 9.01. The van der Waals surface area contributed by atoms with Crippen LogP contribution in [-0.2, 0) is 14.4 Å². The zero-order valence-electron chi connectivity index (χ0n) is 17.5. The van der Waals surface area contributed by atoms with Crippen molar-refractivity contribution in [2.75, 3.05) is 12.4 Å². The summed E-state index contributed by atoms with van der Waals surface area (Å²) in [5, 5.41) is 3.34. The van der Waals surface area contributed by atoms with E-state index in [9.17, 15) is 14.4 Å². The molecule has 3 aliphatic rings. The number of hydrogen-bond acceptors (Lipinski definition) is 4. The van der Waals surface area contributed by atoms with Gasteiger partial charge in [0.2, 0.25) is 17.7 Å². The fraction of sp³-hybridized carbons (Fsp3) is 0.320. The molecule has 0 spiro atoms. The molecule has 7 heteroatoms. The van der Waals surface area contributed by atoms with E-state index in [1.54, 1.807) is 42.5 Å². The zero-order chi connectivity index (χ0) is 22.4. The molecule has 32 heavy (non-hydrogen) atoms. The molecule has 3 amide bonds. The molecule has 164 valence electrons. The van der Waals surface area contributed by atoms with Crippen LogP contribution in [0.3, 0.4) is 0 Å². The Morgan fingerprint density at radius 2 is 1.78 bits per heavy atom. The number of methoxy groups -OCH3 is 1. The minimum atomic E-state index is -0.728. The maximum atomic E-state index is 13.4. The summed E-state index contributed by atoms with van der Waals surface area (Å²) >= 11 is 6.21. The number of para-hydroxylation sites is 2. The van der Waals surface area contributed by atoms with E-state index in [-0.39, 0.29) is 47.8 Å². The van der Waals surface area contributed by atoms with Gasteiger partial charge in [-0.05, 0) is 48.1 Å². The fourth-order valence-electron chi connectivity index (χ4n) is 5.43. The number of hydrogen-bond donors (Lipinski definition) is 1. The number of amides is 3. The van der Waals surface area contributed by atoms with Gasteiger partial charge in [-0.3, -0.25) is 19.3 Å². The van der Waals surface area contributed by atoms with E-state index in [0.29, 0.717) is 22.0 Å². The van der Waals surface area contributed by atoms with Crippen LogP contribution < -0.4 is 10.1 Å². The number of likely N-dealkylation sites (tertiary alicyclic amines) is 1. The number of imide groups is 1. The number of nitrogens with one attached hydrogen (secondary N) is 1. The minimum Gasteiger partial charge on any atom is -0.495 e. The Labute approximate surface area is 191 Å². The first-order chi connectivity index (χ1) is 15.5. The largest absolute Gasteiger partial charge is 0.495 e. The molecule has 0 aromatic heterocycles. The summed E-state index contributed by atoms with van der Waals surface area (Å²) in [6.45, 7) is 0. The topological polar surface area (TPSA) is 75.7 Å². The van der Waals surface area contributed by atoms with E-state index >= 15 is 0 Å². The average Bonchev–Trinajstić information content (AvgIpc) is 3.46. The van der Waals surface area contributed by atoms with Gasteiger partial charge < -0.3 is 10.1 Å². The number of allylic oxidation sites excluding steroid dienone is 2. The molecule has 1 N–H and O–H groups in total. The molecule has 1 saturated carbocycles. The first kappa shape index (κ1) is 20.8. The second kappa shape index (κ2) is 8.10. The molecule has 2 fully saturated rings. The average molecular weight is 451 g/mol. The first-order valence-electron chi connectivity index (χ1n) is 10.7. The summed E-state index contributed by atoms with van der Waals surface area (Å²) in [5.74, 6) is -0.599. The van der Waals surface area contributed by atoms with E-state index in [2.05, 4.69) is 17.5 Å². The van der Waals surface area contributed by atoms with Gasteiger partial charge in [-0.2, -0.15) is 0 Å². The molecular formula is C25H23ClN2O4. The molecule has 2 aromatic carbocycles. The molecule has 5 atom stereocenters. The summed E-state index contributed by atoms with van der Waals surface area (Å²) in [6, 6.07) is 13.4. The molecule has 1 aliphatic heterocycles. The van der Waals surface area contributed by atoms with Crippen LogP contribution in [0.25, 0.3) is 0 Å². The summed E-state index contributed by atoms with van der Waals surface area (Å²) in [5.41, 5.74) is 1.19. The Balaban J connectivity index is 1.45. The third kappa shape index (κ3) is 3.39. The Hall–Kier alpha value is -3.12. The Morgan fingerprint density at radius 1 is 1.09 bits per heavy atom. The molecule has 1 saturated heterocycles. The summed E-state index contributed by atoms with van der Waals surface area (Å²) in [4.78, 5) is 41.2. The van der Waals surface area contributed by atoms with E-state index in [4.69, 9.17) is 16.3 Å². The summed E-state index contributed by atoms with van der Waals surface area (Å²) < 4.78 is 5.31. The van der Waals surface area contributed by atoms with Gasteiger partial charge in [0.25, 0.3) is 0 Å². The van der Waals surface area contributed by atoms with Crippen molar-refractivity contribution in [3.63, 3.8) is 0 Å². The van der Waals surface area contributed by atoms with E-state index < -0.39 is 6.04 Å². The van der Waals surface area contributed by atoms with Crippen LogP contribution in [0, 0.1) is 23.7 Å². The fourth-order valence-corrected chi connectivity index (χ4v) is 5.63. The number of nitrogens with zero attached hydrogens (tertiary/aromatic N) is 1. The lowest BCUT2D eigenvalue weighted by atomic mass is 9.85. The molecule has 0 radical (unpaired) electrons. The molecule has 6 nitrogen and oxygen atoms in total. The number of carbonyl (C=O) groups is 3. The maximum absolute atomic E-state index is 13.4. The number of halogens is 1. The lowest BCUT2D eigenvalue weighted by molar-refractivity contribution is -0.144. The highest BCUT2D eigenvalue weighted by Gasteiger charge is 2.60. The third-order valence-electron chi connectivity index (χ3n) is 6.81. The van der Waals surface area contributed by atoms with Gasteiger partial charge in [-0.25, -0.2) is 0 Å². The number of rotatable bonds is 6. The van der Waals surface area contributed by atoms with Crippen LogP contribution in [-0.4, -0.2) is 29.7 Å². The van der Waals surface area contributed by atoms with E-state index in [1.165, 1.54) is 12.0 Å². The predicted molar refractivity (Wildman–Crippen MR) is 120 cm³/mol. The van der Waals surface area contributed by atoms with Crippen molar-refractivity contribution in [1.82, 2.24) is 4.90 Å². The summed E-state index contributed by atoms with van der Waals surface area (Å²) in [6.07, 6.45) is 4.90. The van der Waals surface area contributed by atoms with Crippen LogP contribution in [0.1, 0.15) is 24.4 Å². The van der Waals surface area contributed by atoms with Gasteiger partial charge in [0.05, 0.1) is 37.1 Å². The highest BCUT2D eigenvalue weighted by molar-refractivity contribution is 6.30. The van der Waals surface area contributed by atoms with Gasteiger partial charge in [-0.15, -0.1) is 0 Å². The molecule has 2 aromatic rings. The van der Waals surface area contributed by atoms with Crippen LogP contribution >= 0.6 is 11.6 Å². The minimum absolute atomic E-state index is 0.0714. The lowest BCUT2D eigenvalue weighted by Gasteiger charge is -2.28. The van der Waals surface area contributed by atoms with Crippen LogP contribution in [0.2, 0.25) is 5.02 Å². The highest BCUT2D eigenvalue weighted by Crippen LogP contribution is 2.54. The number of fused-ring (bicyclic) bond motifs is 5. The second-order valence-electron chi connectivity index (χ2n) is 8.57. The molecule has 2 aliphatic carbocycles. The van der Waals surface area contributed by atoms with Gasteiger partial charge >= 0.3 is 0 Å². The van der Waals surface area contributed by atoms with Crippen molar-refractivity contribution in [3.05, 3.63) is 71.3 Å². The van der Waals surface area contributed by atoms with Crippen LogP contribution in [0.4, 0.5) is 5.69 Å². The number of ether oxygens (including phenoxy) is 1. The number of benzene rings is 2. The molecule has 5 unspecified atom stereocenters. The van der Waals surface area contributed by atoms with E-state index in [1.807, 2.05) is 6.07 Å². The van der Waals surface area contributed by atoms with Crippen molar-refractivity contribution in [2.24, 2.45) is 23.7 Å². The van der Waals surface area contributed by atoms with Crippen molar-refractivity contribution in [1.29, 1.82) is 0 Å². The van der Waals surface area contributed by atoms with Gasteiger partial charge in [0, 0.05) is 5.02 Å².